The van der Waals surface area contributed by atoms with Crippen LogP contribution in [0.3, 0.4) is 0 Å². The van der Waals surface area contributed by atoms with Gasteiger partial charge in [-0.2, -0.15) is 0 Å². The fourth-order valence-corrected chi connectivity index (χ4v) is 7.46. The lowest BCUT2D eigenvalue weighted by Gasteiger charge is -2.34. The number of aromatic nitrogens is 6. The van der Waals surface area contributed by atoms with Crippen LogP contribution < -0.4 is 27.3 Å². The Kier molecular flexibility index (Phi) is 12.3. The molecule has 0 unspecified atom stereocenters. The predicted molar refractivity (Wildman–Crippen MR) is 185 cm³/mol. The molecule has 6 aromatic heterocycles. The van der Waals surface area contributed by atoms with Gasteiger partial charge >= 0.3 is 0 Å². The van der Waals surface area contributed by atoms with Gasteiger partial charge in [-0.15, -0.1) is 0 Å². The molecular formula is C29H36N10O4S3. The Bertz CT molecular complexity index is 1890. The maximum absolute atomic E-state index is 12.5. The second kappa shape index (κ2) is 16.8. The summed E-state index contributed by atoms with van der Waals surface area (Å²) in [5, 5.41) is 15.5. The molecule has 0 spiro atoms. The van der Waals surface area contributed by atoms with E-state index >= 15 is 0 Å². The minimum Gasteiger partial charge on any atom is -0.400 e. The largest absolute Gasteiger partial charge is 0.400 e. The minimum absolute atomic E-state index is 0.0276. The first kappa shape index (κ1) is 33.7. The average molecular weight is 685 g/mol. The van der Waals surface area contributed by atoms with Gasteiger partial charge in [0.25, 0.3) is 16.7 Å². The van der Waals surface area contributed by atoms with Gasteiger partial charge in [0.15, 0.2) is 0 Å². The van der Waals surface area contributed by atoms with Crippen molar-refractivity contribution in [3.05, 3.63) is 86.1 Å². The van der Waals surface area contributed by atoms with E-state index in [9.17, 15) is 14.4 Å². The number of rotatable bonds is 4. The monoisotopic (exact) mass is 684 g/mol. The third-order valence-corrected chi connectivity index (χ3v) is 9.99. The highest BCUT2D eigenvalue weighted by Crippen LogP contribution is 2.16. The molecule has 2 aliphatic heterocycles. The number of fused-ring (bicyclic) bond motifs is 3. The van der Waals surface area contributed by atoms with Crippen molar-refractivity contribution in [1.29, 1.82) is 0 Å². The molecule has 6 aromatic rings. The van der Waals surface area contributed by atoms with Crippen LogP contribution in [0.25, 0.3) is 30.6 Å². The van der Waals surface area contributed by atoms with E-state index in [1.807, 2.05) is 12.1 Å². The first-order chi connectivity index (χ1) is 22.6. The number of aromatic amines is 1. The minimum atomic E-state index is -0.0481. The Labute approximate surface area is 276 Å². The van der Waals surface area contributed by atoms with E-state index in [1.54, 1.807) is 50.8 Å². The smallest absolute Gasteiger partial charge is 0.271 e. The SMILES string of the molecule is C1CNCCN1.CO.O=c1[nH]sc2ncccc12.O=c1c2cccnc2sn1CN1CCN(Cn2sc3ncccc3c2=O)CC1. The highest BCUT2D eigenvalue weighted by atomic mass is 32.1. The summed E-state index contributed by atoms with van der Waals surface area (Å²) in [6.07, 6.45) is 5.10. The van der Waals surface area contributed by atoms with E-state index in [0.717, 1.165) is 74.0 Å². The third kappa shape index (κ3) is 8.37. The normalized spacial score (nSPS) is 15.4. The van der Waals surface area contributed by atoms with Gasteiger partial charge in [-0.05, 0) is 71.0 Å². The van der Waals surface area contributed by atoms with Gasteiger partial charge in [0.2, 0.25) is 0 Å². The first-order valence-corrected chi connectivity index (χ1v) is 17.1. The van der Waals surface area contributed by atoms with Crippen molar-refractivity contribution in [2.75, 3.05) is 59.5 Å². The zero-order chi connectivity index (χ0) is 32.3. The summed E-state index contributed by atoms with van der Waals surface area (Å²) in [6, 6.07) is 10.8. The van der Waals surface area contributed by atoms with E-state index in [2.05, 4.69) is 39.8 Å². The van der Waals surface area contributed by atoms with Crippen molar-refractivity contribution in [3.63, 3.8) is 0 Å². The molecule has 17 heteroatoms. The third-order valence-electron chi connectivity index (χ3n) is 7.18. The molecule has 0 amide bonds. The van der Waals surface area contributed by atoms with E-state index in [4.69, 9.17) is 5.11 Å². The van der Waals surface area contributed by atoms with Crippen LogP contribution in [0.2, 0.25) is 0 Å². The maximum Gasteiger partial charge on any atom is 0.271 e. The molecule has 0 radical (unpaired) electrons. The number of pyridine rings is 3. The lowest BCUT2D eigenvalue weighted by atomic mass is 10.3. The van der Waals surface area contributed by atoms with Crippen LogP contribution in [0.4, 0.5) is 0 Å². The van der Waals surface area contributed by atoms with Crippen molar-refractivity contribution in [2.45, 2.75) is 13.3 Å². The Hall–Kier alpha value is -3.68. The lowest BCUT2D eigenvalue weighted by molar-refractivity contribution is 0.0913. The van der Waals surface area contributed by atoms with Gasteiger partial charge in [-0.25, -0.2) is 22.9 Å². The second-order valence-electron chi connectivity index (χ2n) is 10.2. The zero-order valence-corrected chi connectivity index (χ0v) is 27.7. The number of H-pyrrole nitrogens is 1. The highest BCUT2D eigenvalue weighted by Gasteiger charge is 2.20. The molecule has 0 atom stereocenters. The van der Waals surface area contributed by atoms with Crippen LogP contribution in [-0.4, -0.2) is 102 Å². The van der Waals surface area contributed by atoms with Crippen molar-refractivity contribution < 1.29 is 5.11 Å². The van der Waals surface area contributed by atoms with Gasteiger partial charge in [0.1, 0.15) is 14.5 Å². The van der Waals surface area contributed by atoms with E-state index in [0.29, 0.717) is 29.5 Å². The molecule has 8 heterocycles. The number of hydrogen-bond donors (Lipinski definition) is 4. The topological polar surface area (TPSA) is 166 Å². The lowest BCUT2D eigenvalue weighted by Crippen LogP contribution is -2.48. The maximum atomic E-state index is 12.5. The summed E-state index contributed by atoms with van der Waals surface area (Å²) < 4.78 is 6.15. The number of aliphatic hydroxyl groups excluding tert-OH is 1. The molecule has 2 fully saturated rings. The van der Waals surface area contributed by atoms with Gasteiger partial charge in [-0.3, -0.25) is 28.6 Å². The average Bonchev–Trinajstić information content (AvgIpc) is 3.76. The summed E-state index contributed by atoms with van der Waals surface area (Å²) in [5.74, 6) is 0. The summed E-state index contributed by atoms with van der Waals surface area (Å²) in [4.78, 5) is 55.3. The Balaban J connectivity index is 0.000000188. The molecule has 4 N–H and O–H groups in total. The van der Waals surface area contributed by atoms with E-state index < -0.39 is 0 Å². The number of aliphatic hydroxyl groups is 1. The van der Waals surface area contributed by atoms with Crippen molar-refractivity contribution in [2.24, 2.45) is 0 Å². The number of nitrogens with one attached hydrogen (secondary N) is 3. The van der Waals surface area contributed by atoms with E-state index in [1.165, 1.54) is 34.6 Å². The molecule has 0 saturated carbocycles. The number of hydrogen-bond acceptors (Lipinski definition) is 14. The van der Waals surface area contributed by atoms with Crippen LogP contribution in [0, 0.1) is 0 Å². The number of piperazine rings is 2. The molecule has 2 saturated heterocycles. The van der Waals surface area contributed by atoms with Crippen LogP contribution in [0.15, 0.2) is 69.4 Å². The molecule has 46 heavy (non-hydrogen) atoms. The molecule has 2 aliphatic rings. The molecule has 0 aromatic carbocycles. The standard InChI is InChI=1S/C18H18N6O2S2.C6H4N2OS.C4H10N2.CH4O/c25-17-13-3-1-5-19-15(13)27-23(17)11-21-7-9-22(10-8-21)12-24-18(26)14-4-2-6-20-16(14)28-24;9-5-4-2-1-3-7-6(4)10-8-5;1-2-6-4-3-5-1;1-2/h1-6H,7-12H2;1-3H,(H,8,9);5-6H,1-4H2;2H,1H3. The van der Waals surface area contributed by atoms with Crippen molar-refractivity contribution >= 4 is 65.2 Å². The van der Waals surface area contributed by atoms with Gasteiger partial charge in [0, 0.05) is 78.1 Å². The van der Waals surface area contributed by atoms with Gasteiger partial charge in [-0.1, -0.05) is 0 Å². The first-order valence-electron chi connectivity index (χ1n) is 14.7. The second-order valence-corrected chi connectivity index (χ2v) is 13.0. The molecular weight excluding hydrogens is 649 g/mol. The summed E-state index contributed by atoms with van der Waals surface area (Å²) in [5.41, 5.74) is 0.00724. The fourth-order valence-electron chi connectivity index (χ4n) is 4.83. The van der Waals surface area contributed by atoms with Crippen LogP contribution >= 0.6 is 34.6 Å². The summed E-state index contributed by atoms with van der Waals surface area (Å²) in [6.45, 7) is 9.14. The summed E-state index contributed by atoms with van der Waals surface area (Å²) >= 11 is 4.09. The molecule has 14 nitrogen and oxygen atoms in total. The zero-order valence-electron chi connectivity index (χ0n) is 25.3. The van der Waals surface area contributed by atoms with Crippen molar-refractivity contribution in [3.8, 4) is 0 Å². The van der Waals surface area contributed by atoms with Crippen LogP contribution in [-0.2, 0) is 13.3 Å². The molecule has 0 bridgehead atoms. The Morgan fingerprint density at radius 2 is 1.07 bits per heavy atom. The van der Waals surface area contributed by atoms with Gasteiger partial charge < -0.3 is 15.7 Å². The Morgan fingerprint density at radius 3 is 1.46 bits per heavy atom. The highest BCUT2D eigenvalue weighted by molar-refractivity contribution is 7.13. The molecule has 0 aliphatic carbocycles. The van der Waals surface area contributed by atoms with E-state index in [-0.39, 0.29) is 16.7 Å². The Morgan fingerprint density at radius 1 is 0.652 bits per heavy atom. The predicted octanol–water partition coefficient (Wildman–Crippen LogP) is 1.23. The molecule has 244 valence electrons. The van der Waals surface area contributed by atoms with Gasteiger partial charge in [0.05, 0.1) is 29.5 Å². The van der Waals surface area contributed by atoms with Crippen LogP contribution in [0.5, 0.6) is 0 Å². The number of nitrogens with zero attached hydrogens (tertiary/aromatic N) is 7. The van der Waals surface area contributed by atoms with Crippen molar-refractivity contribution in [1.82, 2.24) is 47.7 Å². The fraction of sp³-hybridized carbons (Fsp3) is 0.379. The summed E-state index contributed by atoms with van der Waals surface area (Å²) in [7, 11) is 1.00. The molecule has 8 rings (SSSR count). The quantitative estimate of drug-likeness (QED) is 0.211. The van der Waals surface area contributed by atoms with Crippen LogP contribution in [0.1, 0.15) is 0 Å².